The Balaban J connectivity index is 1.37. The monoisotopic (exact) mass is 451 g/mol. The van der Waals surface area contributed by atoms with E-state index in [0.29, 0.717) is 44.6 Å². The van der Waals surface area contributed by atoms with Crippen LogP contribution < -0.4 is 0 Å². The van der Waals surface area contributed by atoms with Crippen molar-refractivity contribution >= 4 is 27.5 Å². The van der Waals surface area contributed by atoms with Crippen molar-refractivity contribution in [3.63, 3.8) is 0 Å². The summed E-state index contributed by atoms with van der Waals surface area (Å²) < 4.78 is 8.62. The number of carbonyl (C=O) groups is 1. The molecule has 1 amide bonds. The van der Waals surface area contributed by atoms with Gasteiger partial charge in [0, 0.05) is 30.4 Å². The molecule has 3 aromatic rings. The Kier molecular flexibility index (Phi) is 6.08. The van der Waals surface area contributed by atoms with Crippen LogP contribution in [0.1, 0.15) is 33.2 Å². The molecule has 0 saturated carbocycles. The molecule has 2 aliphatic rings. The first kappa shape index (κ1) is 21.3. The van der Waals surface area contributed by atoms with Gasteiger partial charge in [-0.1, -0.05) is 18.2 Å². The van der Waals surface area contributed by atoms with Crippen molar-refractivity contribution in [3.8, 4) is 0 Å². The number of likely N-dealkylation sites (N-methyl/N-ethyl adjacent to an activating group) is 1. The van der Waals surface area contributed by atoms with Crippen molar-refractivity contribution in [3.05, 3.63) is 58.9 Å². The molecular weight excluding hydrogens is 422 g/mol. The molecule has 0 radical (unpaired) electrons. The van der Waals surface area contributed by atoms with E-state index in [2.05, 4.69) is 36.7 Å². The first-order valence-electron chi connectivity index (χ1n) is 11.2. The number of nitrogens with zero attached hydrogens (tertiary/aromatic N) is 5. The molecule has 0 bridgehead atoms. The summed E-state index contributed by atoms with van der Waals surface area (Å²) in [7, 11) is 2.17. The zero-order valence-corrected chi connectivity index (χ0v) is 19.3. The molecule has 8 heteroatoms. The summed E-state index contributed by atoms with van der Waals surface area (Å²) in [5, 5.41) is 5.88. The molecule has 1 aliphatic carbocycles. The lowest BCUT2D eigenvalue weighted by molar-refractivity contribution is 0.0297. The highest BCUT2D eigenvalue weighted by Crippen LogP contribution is 2.30. The molecule has 1 aliphatic heterocycles. The Labute approximate surface area is 192 Å². The fraction of sp³-hybridized carbons (Fsp3) is 0.458. The van der Waals surface area contributed by atoms with Gasteiger partial charge in [0.25, 0.3) is 5.91 Å². The van der Waals surface area contributed by atoms with Crippen LogP contribution in [0.15, 0.2) is 36.9 Å². The number of amides is 1. The largest absolute Gasteiger partial charge is 0.378 e. The van der Waals surface area contributed by atoms with Crippen LogP contribution in [0.4, 0.5) is 0 Å². The van der Waals surface area contributed by atoms with E-state index >= 15 is 0 Å². The highest BCUT2D eigenvalue weighted by Gasteiger charge is 2.33. The Hall–Kier alpha value is -2.55. The second kappa shape index (κ2) is 9.13. The maximum absolute atomic E-state index is 13.3. The maximum Gasteiger partial charge on any atom is 0.274 e. The average molecular weight is 452 g/mol. The van der Waals surface area contributed by atoms with Gasteiger partial charge in [-0.25, -0.2) is 4.98 Å². The molecule has 1 fully saturated rings. The molecule has 3 heterocycles. The maximum atomic E-state index is 13.3. The molecule has 1 aromatic carbocycles. The third-order valence-corrected chi connectivity index (χ3v) is 7.49. The van der Waals surface area contributed by atoms with E-state index in [1.807, 2.05) is 21.7 Å². The van der Waals surface area contributed by atoms with Gasteiger partial charge in [0.2, 0.25) is 0 Å². The van der Waals surface area contributed by atoms with Crippen molar-refractivity contribution in [1.29, 1.82) is 0 Å². The second-order valence-corrected chi connectivity index (χ2v) is 9.65. The van der Waals surface area contributed by atoms with E-state index in [-0.39, 0.29) is 5.91 Å². The fourth-order valence-electron chi connectivity index (χ4n) is 4.74. The molecule has 1 unspecified atom stereocenters. The van der Waals surface area contributed by atoms with Crippen LogP contribution in [0.2, 0.25) is 0 Å². The summed E-state index contributed by atoms with van der Waals surface area (Å²) in [6.07, 6.45) is 4.64. The molecule has 32 heavy (non-hydrogen) atoms. The van der Waals surface area contributed by atoms with Crippen molar-refractivity contribution < 1.29 is 9.53 Å². The number of benzene rings is 1. The molecule has 168 valence electrons. The number of hydrogen-bond acceptors (Lipinski definition) is 6. The Morgan fingerprint density at radius 2 is 2.16 bits per heavy atom. The number of fused-ring (bicyclic) bond motifs is 2. The number of para-hydroxylation sites is 1. The van der Waals surface area contributed by atoms with Gasteiger partial charge in [0.05, 0.1) is 36.5 Å². The predicted molar refractivity (Wildman–Crippen MR) is 126 cm³/mol. The van der Waals surface area contributed by atoms with Crippen LogP contribution in [-0.4, -0.2) is 69.9 Å². The van der Waals surface area contributed by atoms with E-state index in [9.17, 15) is 4.79 Å². The van der Waals surface area contributed by atoms with Crippen molar-refractivity contribution in [2.75, 3.05) is 33.4 Å². The van der Waals surface area contributed by atoms with Gasteiger partial charge in [-0.3, -0.25) is 14.4 Å². The summed E-state index contributed by atoms with van der Waals surface area (Å²) in [6.45, 7) is 7.75. The number of allylic oxidation sites excluding steroid dienone is 1. The van der Waals surface area contributed by atoms with Gasteiger partial charge in [-0.05, 0) is 38.4 Å². The third kappa shape index (κ3) is 4.10. The minimum Gasteiger partial charge on any atom is -0.378 e. The summed E-state index contributed by atoms with van der Waals surface area (Å²) in [6, 6.07) is 8.64. The van der Waals surface area contributed by atoms with E-state index in [4.69, 9.17) is 14.8 Å². The zero-order valence-electron chi connectivity index (χ0n) is 18.5. The number of aromatic nitrogens is 3. The number of thiazole rings is 1. The van der Waals surface area contributed by atoms with Crippen molar-refractivity contribution in [2.45, 2.75) is 38.4 Å². The topological polar surface area (TPSA) is 63.5 Å². The van der Waals surface area contributed by atoms with Crippen LogP contribution in [0.5, 0.6) is 0 Å². The standard InChI is InChI=1S/C24H29N5O2S/c1-3-10-29-20-9-8-17(27(2)16-22-25-19-6-4-5-7-21(19)32-22)15-18(20)23(26-29)24(30)28-11-13-31-14-12-28/h3-7,17H,1,8-16H2,2H3. The molecule has 0 N–H and O–H groups in total. The lowest BCUT2D eigenvalue weighted by atomic mass is 9.90. The van der Waals surface area contributed by atoms with Gasteiger partial charge in [-0.2, -0.15) is 5.10 Å². The minimum absolute atomic E-state index is 0.0295. The van der Waals surface area contributed by atoms with Crippen LogP contribution in [-0.2, 0) is 30.7 Å². The van der Waals surface area contributed by atoms with Crippen LogP contribution in [0.25, 0.3) is 10.2 Å². The molecule has 0 spiro atoms. The molecule has 5 rings (SSSR count). The number of morpholine rings is 1. The first-order chi connectivity index (χ1) is 15.6. The van der Waals surface area contributed by atoms with E-state index in [1.54, 1.807) is 11.3 Å². The summed E-state index contributed by atoms with van der Waals surface area (Å²) in [5.41, 5.74) is 3.97. The lowest BCUT2D eigenvalue weighted by Crippen LogP contribution is -2.42. The van der Waals surface area contributed by atoms with Gasteiger partial charge < -0.3 is 9.64 Å². The van der Waals surface area contributed by atoms with Crippen LogP contribution >= 0.6 is 11.3 Å². The zero-order chi connectivity index (χ0) is 22.1. The first-order valence-corrected chi connectivity index (χ1v) is 12.1. The fourth-order valence-corrected chi connectivity index (χ4v) is 5.77. The quantitative estimate of drug-likeness (QED) is 0.539. The van der Waals surface area contributed by atoms with Gasteiger partial charge in [0.15, 0.2) is 5.69 Å². The van der Waals surface area contributed by atoms with E-state index in [1.165, 1.54) is 10.4 Å². The Bertz CT molecular complexity index is 1100. The number of ether oxygens (including phenoxy) is 1. The van der Waals surface area contributed by atoms with Gasteiger partial charge in [0.1, 0.15) is 5.01 Å². The van der Waals surface area contributed by atoms with Crippen molar-refractivity contribution in [1.82, 2.24) is 24.6 Å². The summed E-state index contributed by atoms with van der Waals surface area (Å²) in [4.78, 5) is 22.4. The molecule has 1 atom stereocenters. The summed E-state index contributed by atoms with van der Waals surface area (Å²) >= 11 is 1.76. The number of carbonyl (C=O) groups excluding carboxylic acids is 1. The summed E-state index contributed by atoms with van der Waals surface area (Å²) in [5.74, 6) is 0.0295. The molecule has 7 nitrogen and oxygen atoms in total. The van der Waals surface area contributed by atoms with Crippen LogP contribution in [0.3, 0.4) is 0 Å². The highest BCUT2D eigenvalue weighted by atomic mass is 32.1. The molecular formula is C24H29N5O2S. The normalized spacial score (nSPS) is 18.8. The predicted octanol–water partition coefficient (Wildman–Crippen LogP) is 3.14. The third-order valence-electron chi connectivity index (χ3n) is 6.47. The van der Waals surface area contributed by atoms with Gasteiger partial charge in [-0.15, -0.1) is 17.9 Å². The second-order valence-electron chi connectivity index (χ2n) is 8.54. The van der Waals surface area contributed by atoms with Gasteiger partial charge >= 0.3 is 0 Å². The average Bonchev–Trinajstić information content (AvgIpc) is 3.40. The number of hydrogen-bond donors (Lipinski definition) is 0. The van der Waals surface area contributed by atoms with Crippen molar-refractivity contribution in [2.24, 2.45) is 0 Å². The minimum atomic E-state index is 0.0295. The van der Waals surface area contributed by atoms with Crippen LogP contribution in [0, 0.1) is 0 Å². The molecule has 2 aromatic heterocycles. The lowest BCUT2D eigenvalue weighted by Gasteiger charge is -2.31. The Morgan fingerprint density at radius 3 is 2.94 bits per heavy atom. The number of rotatable bonds is 6. The van der Waals surface area contributed by atoms with E-state index in [0.717, 1.165) is 41.9 Å². The van der Waals surface area contributed by atoms with E-state index < -0.39 is 0 Å². The SMILES string of the molecule is C=CCn1nc(C(=O)N2CCOCC2)c2c1CCC(N(C)Cc1nc3ccccc3s1)C2. The Morgan fingerprint density at radius 1 is 1.34 bits per heavy atom. The molecule has 1 saturated heterocycles. The smallest absolute Gasteiger partial charge is 0.274 e. The highest BCUT2D eigenvalue weighted by molar-refractivity contribution is 7.18.